The van der Waals surface area contributed by atoms with Crippen molar-refractivity contribution >= 4 is 0 Å². The number of rotatable bonds is 15. The molecule has 0 amide bonds. The Morgan fingerprint density at radius 1 is 0.895 bits per heavy atom. The first kappa shape index (κ1) is 18.7. The van der Waals surface area contributed by atoms with Gasteiger partial charge in [-0.05, 0) is 7.05 Å². The fourth-order valence-electron chi connectivity index (χ4n) is 1.46. The zero-order valence-corrected chi connectivity index (χ0v) is 12.4. The van der Waals surface area contributed by atoms with Crippen LogP contribution in [0.1, 0.15) is 0 Å². The third-order valence-electron chi connectivity index (χ3n) is 2.41. The number of methoxy groups -OCH3 is 2. The van der Waals surface area contributed by atoms with Gasteiger partial charge in [-0.3, -0.25) is 4.90 Å². The van der Waals surface area contributed by atoms with Gasteiger partial charge in [0.1, 0.15) is 13.6 Å². The minimum atomic E-state index is 0.339. The molecule has 0 aliphatic rings. The summed E-state index contributed by atoms with van der Waals surface area (Å²) in [5.41, 5.74) is 0. The molecule has 0 aliphatic carbocycles. The summed E-state index contributed by atoms with van der Waals surface area (Å²) < 4.78 is 20.3. The quantitative estimate of drug-likeness (QED) is 0.303. The Kier molecular flexibility index (Phi) is 15.5. The molecule has 0 aliphatic heterocycles. The molecule has 0 unspecified atom stereocenters. The number of nitrogens with one attached hydrogen (secondary N) is 2. The van der Waals surface area contributed by atoms with E-state index in [0.29, 0.717) is 26.8 Å². The van der Waals surface area contributed by atoms with Crippen molar-refractivity contribution in [2.45, 2.75) is 0 Å². The highest BCUT2D eigenvalue weighted by Crippen LogP contribution is 1.90. The molecule has 0 rings (SSSR count). The van der Waals surface area contributed by atoms with Crippen LogP contribution in [0, 0.1) is 0 Å². The molecule has 7 heteroatoms. The molecule has 0 bridgehead atoms. The van der Waals surface area contributed by atoms with E-state index in [4.69, 9.17) is 18.9 Å². The normalized spacial score (nSPS) is 11.4. The lowest BCUT2D eigenvalue weighted by molar-refractivity contribution is -0.0484. The predicted molar refractivity (Wildman–Crippen MR) is 74.0 cm³/mol. The van der Waals surface area contributed by atoms with Crippen molar-refractivity contribution in [3.63, 3.8) is 0 Å². The van der Waals surface area contributed by atoms with E-state index in [1.54, 1.807) is 14.2 Å². The highest BCUT2D eigenvalue weighted by atomic mass is 16.7. The SMILES string of the molecule is CNCNCCN(CCOCOC)CCOCOC. The largest absolute Gasteiger partial charge is 0.359 e. The van der Waals surface area contributed by atoms with Crippen LogP contribution in [-0.2, 0) is 18.9 Å². The molecule has 0 aromatic heterocycles. The highest BCUT2D eigenvalue weighted by Gasteiger charge is 2.04. The van der Waals surface area contributed by atoms with E-state index in [0.717, 1.165) is 32.8 Å². The summed E-state index contributed by atoms with van der Waals surface area (Å²) in [6.45, 7) is 6.41. The molecule has 7 nitrogen and oxygen atoms in total. The summed E-state index contributed by atoms with van der Waals surface area (Å²) in [6.07, 6.45) is 0. The Balaban J connectivity index is 3.66. The van der Waals surface area contributed by atoms with E-state index in [1.807, 2.05) is 7.05 Å². The maximum Gasteiger partial charge on any atom is 0.146 e. The standard InChI is InChI=1S/C12H29N3O4/c1-13-10-14-4-5-15(6-8-18-11-16-2)7-9-19-12-17-3/h13-14H,4-12H2,1-3H3. The molecule has 0 radical (unpaired) electrons. The van der Waals surface area contributed by atoms with Crippen LogP contribution in [0.25, 0.3) is 0 Å². The van der Waals surface area contributed by atoms with Gasteiger partial charge in [0.2, 0.25) is 0 Å². The van der Waals surface area contributed by atoms with Gasteiger partial charge in [0.25, 0.3) is 0 Å². The fourth-order valence-corrected chi connectivity index (χ4v) is 1.46. The lowest BCUT2D eigenvalue weighted by Gasteiger charge is -2.22. The van der Waals surface area contributed by atoms with Gasteiger partial charge in [0, 0.05) is 47.1 Å². The van der Waals surface area contributed by atoms with Crippen molar-refractivity contribution in [3.05, 3.63) is 0 Å². The van der Waals surface area contributed by atoms with Crippen molar-refractivity contribution in [3.8, 4) is 0 Å². The number of hydrogen-bond donors (Lipinski definition) is 2. The smallest absolute Gasteiger partial charge is 0.146 e. The summed E-state index contributed by atoms with van der Waals surface area (Å²) in [7, 11) is 5.16. The molecule has 0 atom stereocenters. The topological polar surface area (TPSA) is 64.2 Å². The minimum Gasteiger partial charge on any atom is -0.359 e. The Morgan fingerprint density at radius 2 is 1.47 bits per heavy atom. The van der Waals surface area contributed by atoms with Crippen LogP contribution >= 0.6 is 0 Å². The summed E-state index contributed by atoms with van der Waals surface area (Å²) in [6, 6.07) is 0. The van der Waals surface area contributed by atoms with Crippen LogP contribution in [0.4, 0.5) is 0 Å². The van der Waals surface area contributed by atoms with Crippen molar-refractivity contribution in [1.29, 1.82) is 0 Å². The van der Waals surface area contributed by atoms with Crippen LogP contribution < -0.4 is 10.6 Å². The van der Waals surface area contributed by atoms with E-state index in [9.17, 15) is 0 Å². The van der Waals surface area contributed by atoms with Gasteiger partial charge >= 0.3 is 0 Å². The molecule has 0 heterocycles. The Morgan fingerprint density at radius 3 is 1.95 bits per heavy atom. The maximum absolute atomic E-state index is 5.31. The molecule has 0 fully saturated rings. The average molecular weight is 279 g/mol. The Hall–Kier alpha value is -0.280. The third kappa shape index (κ3) is 13.9. The predicted octanol–water partition coefficient (Wildman–Crippen LogP) is -0.704. The van der Waals surface area contributed by atoms with Crippen molar-refractivity contribution in [2.75, 3.05) is 80.9 Å². The van der Waals surface area contributed by atoms with Gasteiger partial charge in [-0.25, -0.2) is 0 Å². The van der Waals surface area contributed by atoms with Gasteiger partial charge in [0.05, 0.1) is 13.2 Å². The lowest BCUT2D eigenvalue weighted by atomic mass is 10.4. The summed E-state index contributed by atoms with van der Waals surface area (Å²) in [4.78, 5) is 2.29. The minimum absolute atomic E-state index is 0.339. The van der Waals surface area contributed by atoms with Crippen molar-refractivity contribution in [1.82, 2.24) is 15.5 Å². The first-order valence-corrected chi connectivity index (χ1v) is 6.56. The molecule has 2 N–H and O–H groups in total. The first-order chi connectivity index (χ1) is 9.35. The van der Waals surface area contributed by atoms with E-state index in [-0.39, 0.29) is 0 Å². The maximum atomic E-state index is 5.31. The second-order valence-electron chi connectivity index (χ2n) is 4.00. The van der Waals surface area contributed by atoms with Crippen LogP contribution in [0.5, 0.6) is 0 Å². The van der Waals surface area contributed by atoms with E-state index in [1.165, 1.54) is 0 Å². The van der Waals surface area contributed by atoms with Crippen LogP contribution in [-0.4, -0.2) is 85.8 Å². The Bertz CT molecular complexity index is 147. The molecule has 0 aromatic rings. The van der Waals surface area contributed by atoms with Crippen LogP contribution in [0.2, 0.25) is 0 Å². The summed E-state index contributed by atoms with van der Waals surface area (Å²) >= 11 is 0. The Labute approximate surface area is 116 Å². The van der Waals surface area contributed by atoms with E-state index < -0.39 is 0 Å². The molecule has 19 heavy (non-hydrogen) atoms. The number of hydrogen-bond acceptors (Lipinski definition) is 7. The summed E-state index contributed by atoms with van der Waals surface area (Å²) in [5.74, 6) is 0. The molecule has 0 saturated heterocycles. The molecule has 0 aromatic carbocycles. The van der Waals surface area contributed by atoms with Gasteiger partial charge < -0.3 is 29.6 Å². The fraction of sp³-hybridized carbons (Fsp3) is 1.00. The van der Waals surface area contributed by atoms with E-state index in [2.05, 4.69) is 15.5 Å². The van der Waals surface area contributed by atoms with Gasteiger partial charge in [-0.1, -0.05) is 0 Å². The number of ether oxygens (including phenoxy) is 4. The number of nitrogens with zero attached hydrogens (tertiary/aromatic N) is 1. The molecule has 116 valence electrons. The zero-order chi connectivity index (χ0) is 14.2. The third-order valence-corrected chi connectivity index (χ3v) is 2.41. The second kappa shape index (κ2) is 15.8. The van der Waals surface area contributed by atoms with Crippen LogP contribution in [0.3, 0.4) is 0 Å². The van der Waals surface area contributed by atoms with E-state index >= 15 is 0 Å². The van der Waals surface area contributed by atoms with Gasteiger partial charge in [-0.15, -0.1) is 0 Å². The van der Waals surface area contributed by atoms with Gasteiger partial charge in [-0.2, -0.15) is 0 Å². The molecular weight excluding hydrogens is 250 g/mol. The first-order valence-electron chi connectivity index (χ1n) is 6.56. The van der Waals surface area contributed by atoms with Gasteiger partial charge in [0.15, 0.2) is 0 Å². The monoisotopic (exact) mass is 279 g/mol. The lowest BCUT2D eigenvalue weighted by Crippen LogP contribution is -2.38. The zero-order valence-electron chi connectivity index (χ0n) is 12.4. The molecular formula is C12H29N3O4. The van der Waals surface area contributed by atoms with Crippen molar-refractivity contribution in [2.24, 2.45) is 0 Å². The summed E-state index contributed by atoms with van der Waals surface area (Å²) in [5, 5.41) is 6.33. The van der Waals surface area contributed by atoms with Crippen molar-refractivity contribution < 1.29 is 18.9 Å². The second-order valence-corrected chi connectivity index (χ2v) is 4.00. The van der Waals surface area contributed by atoms with Crippen LogP contribution in [0.15, 0.2) is 0 Å². The highest BCUT2D eigenvalue weighted by molar-refractivity contribution is 4.59. The average Bonchev–Trinajstić information content (AvgIpc) is 2.43. The molecule has 0 spiro atoms. The molecule has 0 saturated carbocycles.